The molecule has 1 aromatic carbocycles. The Kier molecular flexibility index (Phi) is 6.15. The number of aromatic nitrogens is 3. The van der Waals surface area contributed by atoms with Gasteiger partial charge in [0.1, 0.15) is 12.3 Å². The van der Waals surface area contributed by atoms with Crippen LogP contribution in [0.3, 0.4) is 0 Å². The normalized spacial score (nSPS) is 14.6. The Hall–Kier alpha value is -3.34. The van der Waals surface area contributed by atoms with Crippen molar-refractivity contribution in [2.24, 2.45) is 0 Å². The molecule has 3 aromatic rings. The lowest BCUT2D eigenvalue weighted by Crippen LogP contribution is -2.37. The van der Waals surface area contributed by atoms with Crippen molar-refractivity contribution < 1.29 is 27.4 Å². The van der Waals surface area contributed by atoms with E-state index < -0.39 is 17.7 Å². The van der Waals surface area contributed by atoms with Crippen molar-refractivity contribution in [3.8, 4) is 0 Å². The first-order valence-electron chi connectivity index (χ1n) is 10.4. The average Bonchev–Trinajstić information content (AvgIpc) is 3.11. The summed E-state index contributed by atoms with van der Waals surface area (Å²) in [6, 6.07) is 5.78. The quantitative estimate of drug-likeness (QED) is 0.581. The molecular weight excluding hydrogens is 439 g/mol. The second-order valence-corrected chi connectivity index (χ2v) is 7.84. The Morgan fingerprint density at radius 2 is 2.00 bits per heavy atom. The number of benzene rings is 1. The number of halogens is 3. The number of esters is 1. The molecule has 4 rings (SSSR count). The third kappa shape index (κ3) is 4.72. The lowest BCUT2D eigenvalue weighted by Gasteiger charge is -2.27. The first-order valence-corrected chi connectivity index (χ1v) is 10.4. The van der Waals surface area contributed by atoms with E-state index in [4.69, 9.17) is 15.2 Å². The second-order valence-electron chi connectivity index (χ2n) is 7.84. The Morgan fingerprint density at radius 3 is 2.67 bits per heavy atom. The average molecular weight is 463 g/mol. The van der Waals surface area contributed by atoms with Crippen LogP contribution < -0.4 is 10.6 Å². The zero-order valence-electron chi connectivity index (χ0n) is 18.3. The van der Waals surface area contributed by atoms with Crippen molar-refractivity contribution in [3.05, 3.63) is 52.3 Å². The zero-order valence-corrected chi connectivity index (χ0v) is 18.3. The molecule has 1 saturated heterocycles. The largest absolute Gasteiger partial charge is 0.459 e. The van der Waals surface area contributed by atoms with Crippen LogP contribution in [0.4, 0.5) is 24.7 Å². The van der Waals surface area contributed by atoms with Crippen molar-refractivity contribution in [2.45, 2.75) is 33.1 Å². The molecule has 0 aliphatic carbocycles. The third-order valence-corrected chi connectivity index (χ3v) is 5.63. The third-order valence-electron chi connectivity index (χ3n) is 5.63. The summed E-state index contributed by atoms with van der Waals surface area (Å²) in [6.07, 6.45) is -4.36. The number of morpholine rings is 1. The minimum atomic E-state index is -4.47. The number of hydrogen-bond donors (Lipinski definition) is 1. The maximum absolute atomic E-state index is 13.4. The first kappa shape index (κ1) is 22.8. The molecule has 2 N–H and O–H groups in total. The van der Waals surface area contributed by atoms with Crippen molar-refractivity contribution in [2.75, 3.05) is 36.9 Å². The van der Waals surface area contributed by atoms with Gasteiger partial charge < -0.3 is 20.1 Å². The van der Waals surface area contributed by atoms with Gasteiger partial charge in [-0.2, -0.15) is 13.2 Å². The van der Waals surface area contributed by atoms with E-state index in [9.17, 15) is 18.0 Å². The molecule has 1 fully saturated rings. The molecule has 0 bridgehead atoms. The number of nitrogens with zero attached hydrogens (tertiary/aromatic N) is 4. The van der Waals surface area contributed by atoms with Gasteiger partial charge in [-0.15, -0.1) is 5.10 Å². The fourth-order valence-corrected chi connectivity index (χ4v) is 3.89. The molecule has 0 saturated carbocycles. The van der Waals surface area contributed by atoms with E-state index in [0.29, 0.717) is 60.4 Å². The van der Waals surface area contributed by atoms with Crippen LogP contribution >= 0.6 is 0 Å². The molecule has 2 aromatic heterocycles. The highest BCUT2D eigenvalue weighted by Gasteiger charge is 2.33. The van der Waals surface area contributed by atoms with Crippen LogP contribution in [-0.2, 0) is 33.5 Å². The lowest BCUT2D eigenvalue weighted by molar-refractivity contribution is -0.142. The summed E-state index contributed by atoms with van der Waals surface area (Å²) >= 11 is 0. The first-order chi connectivity index (χ1) is 15.6. The summed E-state index contributed by atoms with van der Waals surface area (Å²) in [5.74, 6) is 0.116. The number of fused-ring (bicyclic) bond motifs is 1. The van der Waals surface area contributed by atoms with Crippen LogP contribution in [-0.4, -0.2) is 46.9 Å². The number of nitrogens with two attached hydrogens (primary N) is 1. The highest BCUT2D eigenvalue weighted by molar-refractivity contribution is 5.69. The van der Waals surface area contributed by atoms with Crippen LogP contribution in [0, 0.1) is 6.92 Å². The zero-order chi connectivity index (χ0) is 23.8. The molecule has 1 aliphatic rings. The van der Waals surface area contributed by atoms with Gasteiger partial charge in [0.05, 0.1) is 30.2 Å². The van der Waals surface area contributed by atoms with Crippen molar-refractivity contribution in [1.29, 1.82) is 0 Å². The maximum atomic E-state index is 13.4. The molecule has 1 aliphatic heterocycles. The predicted octanol–water partition coefficient (Wildman–Crippen LogP) is 3.13. The van der Waals surface area contributed by atoms with Crippen LogP contribution in [0.2, 0.25) is 0 Å². The molecule has 33 heavy (non-hydrogen) atoms. The molecule has 0 atom stereocenters. The number of anilines is 2. The van der Waals surface area contributed by atoms with E-state index in [-0.39, 0.29) is 18.6 Å². The fraction of sp³-hybridized carbons (Fsp3) is 0.409. The Morgan fingerprint density at radius 1 is 1.27 bits per heavy atom. The highest BCUT2D eigenvalue weighted by Crippen LogP contribution is 2.34. The number of ether oxygens (including phenoxy) is 2. The number of carbonyl (C=O) groups excluding carboxylic acids is 1. The second kappa shape index (κ2) is 8.89. The molecular formula is C22H24F3N5O3. The summed E-state index contributed by atoms with van der Waals surface area (Å²) < 4.78 is 52.4. The van der Waals surface area contributed by atoms with Gasteiger partial charge in [0.15, 0.2) is 11.5 Å². The maximum Gasteiger partial charge on any atom is 0.416 e. The fourth-order valence-electron chi connectivity index (χ4n) is 3.89. The number of alkyl halides is 3. The summed E-state index contributed by atoms with van der Waals surface area (Å²) in [7, 11) is 0. The molecule has 8 nitrogen and oxygen atoms in total. The van der Waals surface area contributed by atoms with Crippen molar-refractivity contribution in [3.63, 3.8) is 0 Å². The van der Waals surface area contributed by atoms with Crippen LogP contribution in [0.25, 0.3) is 5.65 Å². The van der Waals surface area contributed by atoms with Crippen molar-refractivity contribution >= 4 is 23.1 Å². The molecule has 11 heteroatoms. The molecule has 0 radical (unpaired) electrons. The number of rotatable bonds is 5. The van der Waals surface area contributed by atoms with E-state index in [1.807, 2.05) is 4.90 Å². The Labute approximate surface area is 188 Å². The topological polar surface area (TPSA) is 95.0 Å². The Bertz CT molecular complexity index is 1190. The highest BCUT2D eigenvalue weighted by atomic mass is 19.4. The minimum absolute atomic E-state index is 0.104. The monoisotopic (exact) mass is 463 g/mol. The van der Waals surface area contributed by atoms with Gasteiger partial charge in [-0.1, -0.05) is 12.1 Å². The van der Waals surface area contributed by atoms with E-state index >= 15 is 0 Å². The molecule has 0 unspecified atom stereocenters. The summed E-state index contributed by atoms with van der Waals surface area (Å²) in [6.45, 7) is 4.95. The van der Waals surface area contributed by atoms with Gasteiger partial charge in [0.2, 0.25) is 0 Å². The molecule has 3 heterocycles. The SMILES string of the molecule is CC(=O)OCc1nc2c(N)cc(N3CCOCC3)nn2c1Cc1cccc(C(F)(F)F)c1C. The van der Waals surface area contributed by atoms with Crippen LogP contribution in [0.15, 0.2) is 24.3 Å². The Balaban J connectivity index is 1.83. The van der Waals surface area contributed by atoms with Gasteiger partial charge in [-0.05, 0) is 24.1 Å². The van der Waals surface area contributed by atoms with E-state index in [1.165, 1.54) is 19.9 Å². The van der Waals surface area contributed by atoms with E-state index in [0.717, 1.165) is 6.07 Å². The van der Waals surface area contributed by atoms with Crippen molar-refractivity contribution in [1.82, 2.24) is 14.6 Å². The summed E-state index contributed by atoms with van der Waals surface area (Å²) in [4.78, 5) is 17.9. The minimum Gasteiger partial charge on any atom is -0.459 e. The van der Waals surface area contributed by atoms with Gasteiger partial charge in [0, 0.05) is 32.5 Å². The lowest BCUT2D eigenvalue weighted by atomic mass is 9.98. The van der Waals surface area contributed by atoms with Crippen LogP contribution in [0.5, 0.6) is 0 Å². The number of carbonyl (C=O) groups is 1. The summed E-state index contributed by atoms with van der Waals surface area (Å²) in [5.41, 5.74) is 7.78. The number of imidazole rings is 1. The van der Waals surface area contributed by atoms with E-state index in [2.05, 4.69) is 10.1 Å². The number of hydrogen-bond acceptors (Lipinski definition) is 7. The van der Waals surface area contributed by atoms with Gasteiger partial charge >= 0.3 is 12.1 Å². The van der Waals surface area contributed by atoms with Gasteiger partial charge in [0.25, 0.3) is 0 Å². The van der Waals surface area contributed by atoms with Gasteiger partial charge in [-0.3, -0.25) is 4.79 Å². The molecule has 0 spiro atoms. The standard InChI is InChI=1S/C22H24F3N5O3/c1-13-15(4-3-5-16(13)22(23,24)25)10-19-18(12-33-14(2)31)27-21-17(26)11-20(28-30(19)21)29-6-8-32-9-7-29/h3-5,11H,6-10,12,26H2,1-2H3. The van der Waals surface area contributed by atoms with Gasteiger partial charge in [-0.25, -0.2) is 9.50 Å². The predicted molar refractivity (Wildman–Crippen MR) is 115 cm³/mol. The summed E-state index contributed by atoms with van der Waals surface area (Å²) in [5, 5.41) is 4.69. The molecule has 0 amide bonds. The van der Waals surface area contributed by atoms with Crippen LogP contribution in [0.1, 0.15) is 35.0 Å². The van der Waals surface area contributed by atoms with E-state index in [1.54, 1.807) is 16.6 Å². The molecule has 176 valence electrons. The smallest absolute Gasteiger partial charge is 0.416 e. The number of nitrogen functional groups attached to an aromatic ring is 1.